The Morgan fingerprint density at radius 2 is 1.71 bits per heavy atom. The second-order valence-electron chi connectivity index (χ2n) is 5.83. The number of para-hydroxylation sites is 1. The Morgan fingerprint density at radius 1 is 1.07 bits per heavy atom. The van der Waals surface area contributed by atoms with Gasteiger partial charge in [-0.05, 0) is 43.3 Å². The van der Waals surface area contributed by atoms with Crippen LogP contribution in [-0.4, -0.2) is 47.9 Å². The highest BCUT2D eigenvalue weighted by Crippen LogP contribution is 2.18. The van der Waals surface area contributed by atoms with Gasteiger partial charge in [0.1, 0.15) is 0 Å². The summed E-state index contributed by atoms with van der Waals surface area (Å²) in [7, 11) is -1.19. The van der Waals surface area contributed by atoms with E-state index in [9.17, 15) is 13.2 Å². The van der Waals surface area contributed by atoms with Gasteiger partial charge in [0.2, 0.25) is 0 Å². The zero-order chi connectivity index (χ0) is 20.3. The summed E-state index contributed by atoms with van der Waals surface area (Å²) in [6.07, 6.45) is 0. The molecule has 3 rings (SSSR count). The Labute approximate surface area is 162 Å². The molecule has 0 fully saturated rings. The number of nitrogens with zero attached hydrogens (tertiary/aromatic N) is 4. The number of carbonyl (C=O) groups is 1. The van der Waals surface area contributed by atoms with E-state index >= 15 is 0 Å². The van der Waals surface area contributed by atoms with Crippen LogP contribution in [0.25, 0.3) is 5.69 Å². The van der Waals surface area contributed by atoms with Crippen molar-refractivity contribution in [2.75, 3.05) is 19.5 Å². The van der Waals surface area contributed by atoms with Gasteiger partial charge < -0.3 is 5.32 Å². The van der Waals surface area contributed by atoms with Gasteiger partial charge in [-0.2, -0.15) is 9.90 Å². The van der Waals surface area contributed by atoms with Gasteiger partial charge in [0.25, 0.3) is 15.9 Å². The Bertz CT molecular complexity index is 1080. The third kappa shape index (κ3) is 3.93. The molecule has 0 spiro atoms. The van der Waals surface area contributed by atoms with Crippen molar-refractivity contribution in [1.29, 1.82) is 0 Å². The zero-order valence-corrected chi connectivity index (χ0v) is 16.3. The maximum atomic E-state index is 12.5. The fraction of sp³-hybridized carbons (Fsp3) is 0.167. The molecule has 0 atom stereocenters. The van der Waals surface area contributed by atoms with E-state index in [1.807, 2.05) is 30.3 Å². The Kier molecular flexibility index (Phi) is 5.54. The lowest BCUT2D eigenvalue weighted by atomic mass is 10.3. The van der Waals surface area contributed by atoms with E-state index in [1.54, 1.807) is 6.92 Å². The molecule has 0 bridgehead atoms. The topological polar surface area (TPSA) is 106 Å². The number of aromatic nitrogens is 3. The van der Waals surface area contributed by atoms with E-state index in [1.165, 1.54) is 43.2 Å². The van der Waals surface area contributed by atoms with Gasteiger partial charge in [-0.3, -0.25) is 9.63 Å². The molecule has 1 aromatic heterocycles. The number of hydroxylamine groups is 1. The molecule has 10 heteroatoms. The van der Waals surface area contributed by atoms with Crippen LogP contribution in [0, 0.1) is 6.92 Å². The molecule has 0 aliphatic heterocycles. The summed E-state index contributed by atoms with van der Waals surface area (Å²) >= 11 is 0. The minimum atomic E-state index is -3.75. The predicted octanol–water partition coefficient (Wildman–Crippen LogP) is 2.01. The van der Waals surface area contributed by atoms with E-state index in [-0.39, 0.29) is 10.6 Å². The third-order valence-corrected chi connectivity index (χ3v) is 5.68. The molecular weight excluding hydrogens is 382 g/mol. The van der Waals surface area contributed by atoms with Crippen LogP contribution in [0.4, 0.5) is 5.69 Å². The lowest BCUT2D eigenvalue weighted by Crippen LogP contribution is -2.25. The smallest absolute Gasteiger partial charge is 0.278 e. The number of nitrogens with one attached hydrogen (secondary N) is 1. The van der Waals surface area contributed by atoms with Crippen LogP contribution in [0.15, 0.2) is 59.5 Å². The van der Waals surface area contributed by atoms with Gasteiger partial charge in [-0.25, -0.2) is 8.42 Å². The molecule has 0 aliphatic rings. The first-order valence-corrected chi connectivity index (χ1v) is 9.71. The van der Waals surface area contributed by atoms with E-state index in [0.717, 1.165) is 10.2 Å². The van der Waals surface area contributed by atoms with Crippen LogP contribution < -0.4 is 5.32 Å². The molecule has 9 nitrogen and oxygen atoms in total. The Morgan fingerprint density at radius 3 is 2.32 bits per heavy atom. The lowest BCUT2D eigenvalue weighted by molar-refractivity contribution is -0.0258. The molecule has 146 valence electrons. The van der Waals surface area contributed by atoms with E-state index in [0.29, 0.717) is 11.4 Å². The quantitative estimate of drug-likeness (QED) is 0.633. The van der Waals surface area contributed by atoms with Gasteiger partial charge in [0.05, 0.1) is 23.4 Å². The first-order valence-electron chi connectivity index (χ1n) is 8.27. The molecule has 3 aromatic rings. The molecule has 0 radical (unpaired) electrons. The van der Waals surface area contributed by atoms with Gasteiger partial charge >= 0.3 is 0 Å². The van der Waals surface area contributed by atoms with Crippen molar-refractivity contribution in [3.8, 4) is 5.69 Å². The van der Waals surface area contributed by atoms with E-state index in [2.05, 4.69) is 15.5 Å². The van der Waals surface area contributed by atoms with Crippen LogP contribution in [-0.2, 0) is 14.9 Å². The number of hydrogen-bond acceptors (Lipinski definition) is 6. The Balaban J connectivity index is 1.78. The van der Waals surface area contributed by atoms with Crippen LogP contribution in [0.5, 0.6) is 0 Å². The van der Waals surface area contributed by atoms with Gasteiger partial charge in [-0.15, -0.1) is 5.10 Å². The monoisotopic (exact) mass is 401 g/mol. The maximum Gasteiger partial charge on any atom is 0.278 e. The average molecular weight is 401 g/mol. The largest absolute Gasteiger partial charge is 0.321 e. The highest BCUT2D eigenvalue weighted by molar-refractivity contribution is 7.89. The van der Waals surface area contributed by atoms with Crippen LogP contribution in [0.2, 0.25) is 0 Å². The second-order valence-corrected chi connectivity index (χ2v) is 7.77. The van der Waals surface area contributed by atoms with E-state index < -0.39 is 15.9 Å². The maximum absolute atomic E-state index is 12.5. The highest BCUT2D eigenvalue weighted by Gasteiger charge is 2.21. The molecule has 1 amide bonds. The van der Waals surface area contributed by atoms with Crippen molar-refractivity contribution in [1.82, 2.24) is 19.5 Å². The van der Waals surface area contributed by atoms with Crippen molar-refractivity contribution >= 4 is 21.6 Å². The number of rotatable bonds is 6. The number of aryl methyl sites for hydroxylation is 1. The summed E-state index contributed by atoms with van der Waals surface area (Å²) in [5, 5.41) is 11.2. The molecule has 2 aromatic carbocycles. The highest BCUT2D eigenvalue weighted by atomic mass is 32.2. The first-order chi connectivity index (χ1) is 13.3. The standard InChI is InChI=1S/C18H19N5O4S/c1-13-17(21-23(20-13)15-7-5-4-6-8-15)18(24)19-14-9-11-16(12-10-14)28(25,26)22(2)27-3/h4-12H,1-3H3,(H,19,24). The molecule has 0 unspecified atom stereocenters. The summed E-state index contributed by atoms with van der Waals surface area (Å²) in [6.45, 7) is 1.69. The van der Waals surface area contributed by atoms with Crippen molar-refractivity contribution in [2.24, 2.45) is 0 Å². The summed E-state index contributed by atoms with van der Waals surface area (Å²) < 4.78 is 25.1. The van der Waals surface area contributed by atoms with Gasteiger partial charge in [0, 0.05) is 12.7 Å². The average Bonchev–Trinajstić information content (AvgIpc) is 3.10. The molecule has 0 saturated heterocycles. The van der Waals surface area contributed by atoms with Gasteiger partial charge in [0.15, 0.2) is 5.69 Å². The minimum Gasteiger partial charge on any atom is -0.321 e. The van der Waals surface area contributed by atoms with Crippen molar-refractivity contribution in [3.05, 3.63) is 66.0 Å². The summed E-state index contributed by atoms with van der Waals surface area (Å²) in [5.41, 5.74) is 1.82. The third-order valence-electron chi connectivity index (χ3n) is 3.99. The van der Waals surface area contributed by atoms with Crippen molar-refractivity contribution < 1.29 is 18.0 Å². The summed E-state index contributed by atoms with van der Waals surface area (Å²) in [6, 6.07) is 15.0. The lowest BCUT2D eigenvalue weighted by Gasteiger charge is -2.14. The molecule has 1 heterocycles. The number of carbonyl (C=O) groups excluding carboxylic acids is 1. The van der Waals surface area contributed by atoms with Crippen LogP contribution in [0.1, 0.15) is 16.2 Å². The number of hydrogen-bond donors (Lipinski definition) is 1. The predicted molar refractivity (Wildman–Crippen MR) is 102 cm³/mol. The number of sulfonamides is 1. The number of amides is 1. The van der Waals surface area contributed by atoms with Crippen molar-refractivity contribution in [3.63, 3.8) is 0 Å². The minimum absolute atomic E-state index is 0.0426. The molecular formula is C18H19N5O4S. The fourth-order valence-electron chi connectivity index (χ4n) is 2.41. The normalized spacial score (nSPS) is 11.6. The first kappa shape index (κ1) is 19.7. The number of anilines is 1. The number of benzene rings is 2. The molecule has 0 saturated carbocycles. The van der Waals surface area contributed by atoms with Gasteiger partial charge in [-0.1, -0.05) is 22.7 Å². The zero-order valence-electron chi connectivity index (χ0n) is 15.5. The molecule has 28 heavy (non-hydrogen) atoms. The second kappa shape index (κ2) is 7.89. The van der Waals surface area contributed by atoms with E-state index in [4.69, 9.17) is 4.84 Å². The Hall–Kier alpha value is -3.08. The summed E-state index contributed by atoms with van der Waals surface area (Å²) in [4.78, 5) is 18.7. The van der Waals surface area contributed by atoms with Crippen LogP contribution >= 0.6 is 0 Å². The van der Waals surface area contributed by atoms with Crippen molar-refractivity contribution in [2.45, 2.75) is 11.8 Å². The SMILES string of the molecule is CON(C)S(=O)(=O)c1ccc(NC(=O)c2nn(-c3ccccc3)nc2C)cc1. The molecule has 0 aliphatic carbocycles. The van der Waals surface area contributed by atoms with Crippen LogP contribution in [0.3, 0.4) is 0 Å². The molecule has 1 N–H and O–H groups in total. The summed E-state index contributed by atoms with van der Waals surface area (Å²) in [5.74, 6) is -0.440. The fourth-order valence-corrected chi connectivity index (χ4v) is 3.39.